The van der Waals surface area contributed by atoms with Gasteiger partial charge in [0.15, 0.2) is 5.78 Å². The Kier molecular flexibility index (Phi) is 5.94. The summed E-state index contributed by atoms with van der Waals surface area (Å²) in [5, 5.41) is 18.6. The van der Waals surface area contributed by atoms with Crippen molar-refractivity contribution in [2.45, 2.75) is 11.8 Å². The fourth-order valence-electron chi connectivity index (χ4n) is 2.17. The number of hydrogen-bond donors (Lipinski definition) is 0. The first kappa shape index (κ1) is 19.4. The Morgan fingerprint density at radius 1 is 1.21 bits per heavy atom. The quantitative estimate of drug-likeness (QED) is 0.236. The summed E-state index contributed by atoms with van der Waals surface area (Å²) in [5.41, 5.74) is 0.585. The Balaban J connectivity index is 1.62. The molecule has 0 spiro atoms. The Labute approximate surface area is 160 Å². The normalized spacial score (nSPS) is 10.8. The van der Waals surface area contributed by atoms with E-state index in [1.165, 1.54) is 42.5 Å². The number of nitrogens with zero attached hydrogens (tertiary/aromatic N) is 3. The fourth-order valence-corrected chi connectivity index (χ4v) is 2.83. The Hall–Kier alpha value is -3.34. The van der Waals surface area contributed by atoms with Crippen LogP contribution in [-0.4, -0.2) is 33.3 Å². The van der Waals surface area contributed by atoms with E-state index in [1.807, 2.05) is 0 Å². The van der Waals surface area contributed by atoms with Crippen LogP contribution in [0.2, 0.25) is 0 Å². The highest BCUT2D eigenvalue weighted by Gasteiger charge is 2.15. The number of rotatable bonds is 8. The summed E-state index contributed by atoms with van der Waals surface area (Å²) in [5.74, 6) is -0.250. The zero-order valence-corrected chi connectivity index (χ0v) is 14.8. The highest BCUT2D eigenvalue weighted by molar-refractivity contribution is 7.99. The van der Waals surface area contributed by atoms with Gasteiger partial charge in [0, 0.05) is 23.3 Å². The number of alkyl halides is 2. The number of Topliss-reactive ketones (excluding diaryl/α,β-unsaturated/α-hetero) is 1. The van der Waals surface area contributed by atoms with E-state index in [9.17, 15) is 23.7 Å². The van der Waals surface area contributed by atoms with E-state index in [2.05, 4.69) is 14.9 Å². The molecule has 1 aromatic heterocycles. The molecular weight excluding hydrogens is 396 g/mol. The van der Waals surface area contributed by atoms with Gasteiger partial charge in [-0.25, -0.2) is 0 Å². The first-order valence-corrected chi connectivity index (χ1v) is 8.70. The number of nitro groups is 1. The van der Waals surface area contributed by atoms with Gasteiger partial charge in [-0.1, -0.05) is 17.8 Å². The van der Waals surface area contributed by atoms with E-state index in [0.29, 0.717) is 11.1 Å². The van der Waals surface area contributed by atoms with Crippen LogP contribution in [0.5, 0.6) is 5.75 Å². The number of halogens is 2. The van der Waals surface area contributed by atoms with Crippen LogP contribution in [0.4, 0.5) is 14.5 Å². The molecule has 0 atom stereocenters. The highest BCUT2D eigenvalue weighted by Crippen LogP contribution is 2.26. The molecule has 0 unspecified atom stereocenters. The Morgan fingerprint density at radius 3 is 2.64 bits per heavy atom. The van der Waals surface area contributed by atoms with Gasteiger partial charge in [-0.05, 0) is 30.3 Å². The second-order valence-electron chi connectivity index (χ2n) is 5.30. The summed E-state index contributed by atoms with van der Waals surface area (Å²) < 4.78 is 33.9. The minimum Gasteiger partial charge on any atom is -0.435 e. The molecule has 0 radical (unpaired) electrons. The summed E-state index contributed by atoms with van der Waals surface area (Å²) >= 11 is 0.989. The SMILES string of the molecule is O=C(CSc1nnc(-c2cccc([N+](=O)[O-])c2)o1)c1ccc(OC(F)F)cc1. The van der Waals surface area contributed by atoms with E-state index < -0.39 is 11.5 Å². The van der Waals surface area contributed by atoms with E-state index in [1.54, 1.807) is 6.07 Å². The molecule has 144 valence electrons. The lowest BCUT2D eigenvalue weighted by molar-refractivity contribution is -0.384. The summed E-state index contributed by atoms with van der Waals surface area (Å²) in [6, 6.07) is 11.0. The monoisotopic (exact) mass is 407 g/mol. The van der Waals surface area contributed by atoms with Crippen molar-refractivity contribution in [3.05, 3.63) is 64.2 Å². The van der Waals surface area contributed by atoms with Crippen molar-refractivity contribution in [3.8, 4) is 17.2 Å². The molecule has 0 N–H and O–H groups in total. The lowest BCUT2D eigenvalue weighted by Crippen LogP contribution is -2.04. The number of hydrogen-bond acceptors (Lipinski definition) is 8. The summed E-state index contributed by atoms with van der Waals surface area (Å²) in [6.07, 6.45) is 0. The molecule has 28 heavy (non-hydrogen) atoms. The third-order valence-corrected chi connectivity index (χ3v) is 4.26. The topological polar surface area (TPSA) is 108 Å². The molecule has 0 fully saturated rings. The fraction of sp³-hybridized carbons (Fsp3) is 0.118. The minimum atomic E-state index is -2.94. The van der Waals surface area contributed by atoms with Gasteiger partial charge in [0.1, 0.15) is 5.75 Å². The molecule has 0 aliphatic rings. The predicted octanol–water partition coefficient (Wildman–Crippen LogP) is 4.22. The first-order valence-electron chi connectivity index (χ1n) is 7.71. The van der Waals surface area contributed by atoms with Gasteiger partial charge in [0.25, 0.3) is 10.9 Å². The summed E-state index contributed by atoms with van der Waals surface area (Å²) in [6.45, 7) is -2.94. The molecule has 0 saturated carbocycles. The number of ether oxygens (including phenoxy) is 1. The second-order valence-corrected chi connectivity index (χ2v) is 6.22. The Bertz CT molecular complexity index is 994. The maximum absolute atomic E-state index is 12.2. The van der Waals surface area contributed by atoms with Crippen molar-refractivity contribution in [1.82, 2.24) is 10.2 Å². The largest absolute Gasteiger partial charge is 0.435 e. The maximum Gasteiger partial charge on any atom is 0.387 e. The number of carbonyl (C=O) groups is 1. The summed E-state index contributed by atoms with van der Waals surface area (Å²) in [7, 11) is 0. The summed E-state index contributed by atoms with van der Waals surface area (Å²) in [4.78, 5) is 22.5. The predicted molar refractivity (Wildman–Crippen MR) is 94.5 cm³/mol. The minimum absolute atomic E-state index is 0.0222. The molecule has 3 rings (SSSR count). The van der Waals surface area contributed by atoms with Gasteiger partial charge in [-0.3, -0.25) is 14.9 Å². The zero-order chi connectivity index (χ0) is 20.1. The smallest absolute Gasteiger partial charge is 0.387 e. The van der Waals surface area contributed by atoms with Crippen LogP contribution < -0.4 is 4.74 Å². The average Bonchev–Trinajstić information content (AvgIpc) is 3.15. The molecule has 0 aliphatic carbocycles. The van der Waals surface area contributed by atoms with Crippen molar-refractivity contribution in [3.63, 3.8) is 0 Å². The lowest BCUT2D eigenvalue weighted by atomic mass is 10.1. The average molecular weight is 407 g/mol. The van der Waals surface area contributed by atoms with Crippen LogP contribution in [0.15, 0.2) is 58.2 Å². The van der Waals surface area contributed by atoms with Crippen molar-refractivity contribution in [2.24, 2.45) is 0 Å². The maximum atomic E-state index is 12.2. The molecule has 11 heteroatoms. The van der Waals surface area contributed by atoms with Gasteiger partial charge in [0.2, 0.25) is 5.89 Å². The molecule has 3 aromatic rings. The second kappa shape index (κ2) is 8.57. The highest BCUT2D eigenvalue weighted by atomic mass is 32.2. The van der Waals surface area contributed by atoms with E-state index in [4.69, 9.17) is 4.42 Å². The number of ketones is 1. The van der Waals surface area contributed by atoms with E-state index >= 15 is 0 Å². The molecular formula is C17H11F2N3O5S. The number of carbonyl (C=O) groups excluding carboxylic acids is 1. The van der Waals surface area contributed by atoms with Gasteiger partial charge >= 0.3 is 6.61 Å². The number of nitro benzene ring substituents is 1. The molecule has 0 aliphatic heterocycles. The number of aromatic nitrogens is 2. The third kappa shape index (κ3) is 4.88. The standard InChI is InChI=1S/C17H11F2N3O5S/c18-16(19)26-13-6-4-10(5-7-13)14(23)9-28-17-21-20-15(27-17)11-2-1-3-12(8-11)22(24)25/h1-8,16H,9H2. The molecule has 0 saturated heterocycles. The number of benzene rings is 2. The van der Waals surface area contributed by atoms with Crippen molar-refractivity contribution in [2.75, 3.05) is 5.75 Å². The van der Waals surface area contributed by atoms with Crippen LogP contribution in [0.25, 0.3) is 11.5 Å². The molecule has 2 aromatic carbocycles. The Morgan fingerprint density at radius 2 is 1.96 bits per heavy atom. The van der Waals surface area contributed by atoms with Crippen LogP contribution in [0.3, 0.4) is 0 Å². The van der Waals surface area contributed by atoms with Crippen molar-refractivity contribution in [1.29, 1.82) is 0 Å². The number of thioether (sulfide) groups is 1. The van der Waals surface area contributed by atoms with Gasteiger partial charge in [-0.2, -0.15) is 8.78 Å². The van der Waals surface area contributed by atoms with E-state index in [-0.39, 0.29) is 34.1 Å². The van der Waals surface area contributed by atoms with Crippen LogP contribution in [-0.2, 0) is 0 Å². The first-order chi connectivity index (χ1) is 13.4. The lowest BCUT2D eigenvalue weighted by Gasteiger charge is -2.04. The molecule has 0 bridgehead atoms. The van der Waals surface area contributed by atoms with Gasteiger partial charge in [-0.15, -0.1) is 10.2 Å². The van der Waals surface area contributed by atoms with Crippen LogP contribution in [0.1, 0.15) is 10.4 Å². The molecule has 1 heterocycles. The van der Waals surface area contributed by atoms with Crippen LogP contribution >= 0.6 is 11.8 Å². The molecule has 0 amide bonds. The van der Waals surface area contributed by atoms with E-state index in [0.717, 1.165) is 11.8 Å². The third-order valence-electron chi connectivity index (χ3n) is 3.44. The van der Waals surface area contributed by atoms with Gasteiger partial charge < -0.3 is 9.15 Å². The number of non-ortho nitro benzene ring substituents is 1. The zero-order valence-electron chi connectivity index (χ0n) is 14.0. The molecule has 8 nitrogen and oxygen atoms in total. The van der Waals surface area contributed by atoms with Crippen molar-refractivity contribution >= 4 is 23.2 Å². The van der Waals surface area contributed by atoms with Gasteiger partial charge in [0.05, 0.1) is 10.7 Å². The van der Waals surface area contributed by atoms with Crippen molar-refractivity contribution < 1.29 is 27.7 Å². The van der Waals surface area contributed by atoms with Crippen LogP contribution in [0, 0.1) is 10.1 Å².